The number of sulfonamides is 1. The van der Waals surface area contributed by atoms with Gasteiger partial charge in [-0.3, -0.25) is 4.79 Å². The van der Waals surface area contributed by atoms with Gasteiger partial charge in [-0.2, -0.15) is 11.8 Å². The van der Waals surface area contributed by atoms with E-state index in [1.807, 2.05) is 6.26 Å². The van der Waals surface area contributed by atoms with Gasteiger partial charge in [0.2, 0.25) is 10.0 Å². The van der Waals surface area contributed by atoms with Crippen molar-refractivity contribution in [3.8, 4) is 0 Å². The fourth-order valence-electron chi connectivity index (χ4n) is 1.56. The number of carboxylic acids is 1. The van der Waals surface area contributed by atoms with E-state index in [9.17, 15) is 13.2 Å². The van der Waals surface area contributed by atoms with Crippen LogP contribution in [0.4, 0.5) is 0 Å². The lowest BCUT2D eigenvalue weighted by Crippen LogP contribution is -2.45. The zero-order valence-electron chi connectivity index (χ0n) is 9.23. The molecule has 0 bridgehead atoms. The molecule has 0 amide bonds. The molecule has 0 aromatic carbocycles. The number of carbonyl (C=O) groups is 1. The van der Waals surface area contributed by atoms with Crippen molar-refractivity contribution >= 4 is 27.8 Å². The van der Waals surface area contributed by atoms with Crippen molar-refractivity contribution in [2.24, 2.45) is 0 Å². The molecule has 1 fully saturated rings. The van der Waals surface area contributed by atoms with E-state index in [1.165, 1.54) is 0 Å². The Morgan fingerprint density at radius 1 is 1.50 bits per heavy atom. The topological polar surface area (TPSA) is 83.5 Å². The molecule has 94 valence electrons. The fraction of sp³-hybridized carbons (Fsp3) is 0.889. The zero-order valence-corrected chi connectivity index (χ0v) is 10.9. The Balaban J connectivity index is 2.38. The van der Waals surface area contributed by atoms with Gasteiger partial charge in [-0.25, -0.2) is 13.1 Å². The highest BCUT2D eigenvalue weighted by Gasteiger charge is 2.36. The van der Waals surface area contributed by atoms with Crippen LogP contribution in [-0.2, 0) is 14.8 Å². The van der Waals surface area contributed by atoms with Gasteiger partial charge in [0.15, 0.2) is 0 Å². The maximum absolute atomic E-state index is 11.5. The van der Waals surface area contributed by atoms with Crippen molar-refractivity contribution < 1.29 is 18.3 Å². The SMILES string of the molecule is CSC1(CNS(=O)(=O)CCC(=O)O)CCC1. The van der Waals surface area contributed by atoms with E-state index in [-0.39, 0.29) is 16.9 Å². The first-order valence-electron chi connectivity index (χ1n) is 5.13. The molecule has 1 rings (SSSR count). The highest BCUT2D eigenvalue weighted by Crippen LogP contribution is 2.42. The van der Waals surface area contributed by atoms with Crippen LogP contribution in [0.3, 0.4) is 0 Å². The highest BCUT2D eigenvalue weighted by molar-refractivity contribution is 8.00. The van der Waals surface area contributed by atoms with Gasteiger partial charge >= 0.3 is 5.97 Å². The Morgan fingerprint density at radius 2 is 2.12 bits per heavy atom. The Kier molecular flexibility index (Phi) is 4.63. The number of carboxylic acid groups (broad SMARTS) is 1. The molecule has 1 aliphatic rings. The summed E-state index contributed by atoms with van der Waals surface area (Å²) in [5.41, 5.74) is 0. The first-order valence-corrected chi connectivity index (χ1v) is 8.01. The maximum atomic E-state index is 11.5. The number of nitrogens with one attached hydrogen (secondary N) is 1. The van der Waals surface area contributed by atoms with Gasteiger partial charge in [-0.15, -0.1) is 0 Å². The molecule has 7 heteroatoms. The zero-order chi connectivity index (χ0) is 12.2. The van der Waals surface area contributed by atoms with Gasteiger partial charge in [-0.1, -0.05) is 6.42 Å². The minimum atomic E-state index is -3.44. The van der Waals surface area contributed by atoms with Crippen molar-refractivity contribution in [2.45, 2.75) is 30.4 Å². The molecule has 0 aromatic heterocycles. The molecule has 0 unspecified atom stereocenters. The standard InChI is InChI=1S/C9H17NO4S2/c1-15-9(4-2-5-9)7-10-16(13,14)6-3-8(11)12/h10H,2-7H2,1H3,(H,11,12). The van der Waals surface area contributed by atoms with Gasteiger partial charge in [0.1, 0.15) is 0 Å². The third-order valence-electron chi connectivity index (χ3n) is 2.90. The second-order valence-corrected chi connectivity index (χ2v) is 7.23. The molecule has 0 atom stereocenters. The molecule has 0 aromatic rings. The summed E-state index contributed by atoms with van der Waals surface area (Å²) in [5, 5.41) is 8.41. The molecule has 16 heavy (non-hydrogen) atoms. The van der Waals surface area contributed by atoms with Crippen molar-refractivity contribution in [1.82, 2.24) is 4.72 Å². The Labute approximate surface area is 100 Å². The van der Waals surface area contributed by atoms with E-state index in [4.69, 9.17) is 5.11 Å². The van der Waals surface area contributed by atoms with E-state index in [0.29, 0.717) is 6.54 Å². The van der Waals surface area contributed by atoms with Crippen LogP contribution in [0.2, 0.25) is 0 Å². The first kappa shape index (κ1) is 13.8. The number of hydrogen-bond acceptors (Lipinski definition) is 4. The summed E-state index contributed by atoms with van der Waals surface area (Å²) >= 11 is 1.68. The lowest BCUT2D eigenvalue weighted by atomic mass is 9.84. The highest BCUT2D eigenvalue weighted by atomic mass is 32.2. The second-order valence-electron chi connectivity index (χ2n) is 4.02. The first-order chi connectivity index (χ1) is 7.39. The Bertz CT molecular complexity index is 343. The van der Waals surface area contributed by atoms with Crippen molar-refractivity contribution in [2.75, 3.05) is 18.6 Å². The van der Waals surface area contributed by atoms with Crippen LogP contribution < -0.4 is 4.72 Å². The average Bonchev–Trinajstić information content (AvgIpc) is 2.14. The van der Waals surface area contributed by atoms with Crippen LogP contribution in [0.15, 0.2) is 0 Å². The molecule has 1 saturated carbocycles. The third-order valence-corrected chi connectivity index (χ3v) is 5.64. The van der Waals surface area contributed by atoms with E-state index in [2.05, 4.69) is 4.72 Å². The van der Waals surface area contributed by atoms with Crippen LogP contribution >= 0.6 is 11.8 Å². The number of hydrogen-bond donors (Lipinski definition) is 2. The van der Waals surface area contributed by atoms with Crippen LogP contribution in [0.25, 0.3) is 0 Å². The smallest absolute Gasteiger partial charge is 0.304 e. The molecule has 0 heterocycles. The van der Waals surface area contributed by atoms with Crippen molar-refractivity contribution in [1.29, 1.82) is 0 Å². The summed E-state index contributed by atoms with van der Waals surface area (Å²) in [7, 11) is -3.44. The van der Waals surface area contributed by atoms with Crippen LogP contribution in [0.1, 0.15) is 25.7 Å². The van der Waals surface area contributed by atoms with E-state index in [0.717, 1.165) is 19.3 Å². The summed E-state index contributed by atoms with van der Waals surface area (Å²) < 4.78 is 25.4. The lowest BCUT2D eigenvalue weighted by molar-refractivity contribution is -0.136. The molecule has 0 radical (unpaired) electrons. The monoisotopic (exact) mass is 267 g/mol. The Morgan fingerprint density at radius 3 is 2.50 bits per heavy atom. The van der Waals surface area contributed by atoms with Gasteiger partial charge in [0, 0.05) is 11.3 Å². The molecule has 0 spiro atoms. The summed E-state index contributed by atoms with van der Waals surface area (Å²) in [6.45, 7) is 0.413. The normalized spacial score (nSPS) is 19.1. The summed E-state index contributed by atoms with van der Waals surface area (Å²) in [4.78, 5) is 10.3. The third kappa shape index (κ3) is 3.95. The minimum absolute atomic E-state index is 0.0380. The molecule has 0 aliphatic heterocycles. The second kappa shape index (κ2) is 5.37. The number of aliphatic carboxylic acids is 1. The van der Waals surface area contributed by atoms with Crippen LogP contribution in [-0.4, -0.2) is 42.8 Å². The van der Waals surface area contributed by atoms with E-state index in [1.54, 1.807) is 11.8 Å². The molecule has 2 N–H and O–H groups in total. The quantitative estimate of drug-likeness (QED) is 0.708. The molecular weight excluding hydrogens is 250 g/mol. The minimum Gasteiger partial charge on any atom is -0.481 e. The van der Waals surface area contributed by atoms with E-state index < -0.39 is 16.0 Å². The van der Waals surface area contributed by atoms with Crippen molar-refractivity contribution in [3.05, 3.63) is 0 Å². The van der Waals surface area contributed by atoms with Crippen LogP contribution in [0.5, 0.6) is 0 Å². The molecule has 1 aliphatic carbocycles. The summed E-state index contributed by atoms with van der Waals surface area (Å²) in [6.07, 6.45) is 4.81. The predicted octanol–water partition coefficient (Wildman–Crippen LogP) is 0.666. The maximum Gasteiger partial charge on any atom is 0.304 e. The molecule has 5 nitrogen and oxygen atoms in total. The number of rotatable bonds is 7. The summed E-state index contributed by atoms with van der Waals surface area (Å²) in [6, 6.07) is 0. The average molecular weight is 267 g/mol. The van der Waals surface area contributed by atoms with Gasteiger partial charge in [0.05, 0.1) is 12.2 Å². The predicted molar refractivity (Wildman–Crippen MR) is 64.1 cm³/mol. The van der Waals surface area contributed by atoms with Crippen LogP contribution in [0, 0.1) is 0 Å². The molecule has 0 saturated heterocycles. The Hall–Kier alpha value is -0.270. The summed E-state index contributed by atoms with van der Waals surface area (Å²) in [5.74, 6) is -1.43. The van der Waals surface area contributed by atoms with Crippen molar-refractivity contribution in [3.63, 3.8) is 0 Å². The fourth-order valence-corrected chi connectivity index (χ4v) is 3.65. The largest absolute Gasteiger partial charge is 0.481 e. The lowest BCUT2D eigenvalue weighted by Gasteiger charge is -2.40. The van der Waals surface area contributed by atoms with Gasteiger partial charge < -0.3 is 5.11 Å². The molecular formula is C9H17NO4S2. The van der Waals surface area contributed by atoms with E-state index >= 15 is 0 Å². The number of thioether (sulfide) groups is 1. The van der Waals surface area contributed by atoms with Gasteiger partial charge in [-0.05, 0) is 19.1 Å². The van der Waals surface area contributed by atoms with Gasteiger partial charge in [0.25, 0.3) is 0 Å².